The lowest BCUT2D eigenvalue weighted by molar-refractivity contribution is -0.00616. The smallest absolute Gasteiger partial charge is 0.328 e. The van der Waals surface area contributed by atoms with Gasteiger partial charge in [0.25, 0.3) is 5.56 Å². The Balaban J connectivity index is 1.39. The maximum absolute atomic E-state index is 12.4. The van der Waals surface area contributed by atoms with Gasteiger partial charge < -0.3 is 24.1 Å². The summed E-state index contributed by atoms with van der Waals surface area (Å²) in [6, 6.07) is 25.2. The standard InChI is InChI=1S/C33H36N2O7/c1-22-20-35(32(38)34-31(22)37)28-21-41-29(30(28)36)10-7-19-42-33(23-8-5-4-6-9-23,24-11-15-26(39-2)16-12-24)25-13-17-27(40-3)18-14-25/h4-6,8-9,11-18,20,28-30,36H,7,10,19,21H2,1-3H3,(H,34,37,38)/t28-,29-,30+/m0/s1. The molecule has 1 aromatic heterocycles. The highest BCUT2D eigenvalue weighted by atomic mass is 16.5. The zero-order valence-corrected chi connectivity index (χ0v) is 24.0. The van der Waals surface area contributed by atoms with Crippen molar-refractivity contribution in [2.75, 3.05) is 27.4 Å². The number of benzene rings is 3. The van der Waals surface area contributed by atoms with E-state index >= 15 is 0 Å². The molecule has 9 heteroatoms. The number of hydrogen-bond acceptors (Lipinski definition) is 7. The normalized spacial score (nSPS) is 18.6. The zero-order chi connectivity index (χ0) is 29.7. The van der Waals surface area contributed by atoms with E-state index in [-0.39, 0.29) is 6.61 Å². The molecule has 3 atom stereocenters. The molecule has 1 fully saturated rings. The molecular formula is C33H36N2O7. The Kier molecular flexibility index (Phi) is 8.91. The van der Waals surface area contributed by atoms with E-state index < -0.39 is 35.1 Å². The largest absolute Gasteiger partial charge is 0.497 e. The van der Waals surface area contributed by atoms with E-state index in [0.29, 0.717) is 25.0 Å². The quantitative estimate of drug-likeness (QED) is 0.207. The highest BCUT2D eigenvalue weighted by Crippen LogP contribution is 2.42. The van der Waals surface area contributed by atoms with Crippen LogP contribution in [-0.2, 0) is 15.1 Å². The second kappa shape index (κ2) is 12.8. The van der Waals surface area contributed by atoms with Gasteiger partial charge in [-0.1, -0.05) is 54.6 Å². The van der Waals surface area contributed by atoms with Crippen molar-refractivity contribution in [1.29, 1.82) is 0 Å². The van der Waals surface area contributed by atoms with E-state index in [9.17, 15) is 14.7 Å². The Morgan fingerprint density at radius 3 is 2.05 bits per heavy atom. The number of ether oxygens (including phenoxy) is 4. The maximum Gasteiger partial charge on any atom is 0.328 e. The molecule has 5 rings (SSSR count). The molecule has 1 aliphatic heterocycles. The van der Waals surface area contributed by atoms with Crippen LogP contribution in [-0.4, -0.2) is 54.3 Å². The first-order valence-electron chi connectivity index (χ1n) is 14.0. The molecule has 0 aliphatic carbocycles. The average Bonchev–Trinajstić information content (AvgIpc) is 3.39. The summed E-state index contributed by atoms with van der Waals surface area (Å²) < 4.78 is 25.0. The summed E-state index contributed by atoms with van der Waals surface area (Å²) in [5, 5.41) is 11.0. The summed E-state index contributed by atoms with van der Waals surface area (Å²) >= 11 is 0. The minimum Gasteiger partial charge on any atom is -0.497 e. The molecule has 220 valence electrons. The first-order chi connectivity index (χ1) is 20.4. The van der Waals surface area contributed by atoms with Gasteiger partial charge in [-0.2, -0.15) is 0 Å². The van der Waals surface area contributed by atoms with Crippen LogP contribution in [0.1, 0.15) is 41.1 Å². The van der Waals surface area contributed by atoms with Crippen molar-refractivity contribution in [1.82, 2.24) is 9.55 Å². The Morgan fingerprint density at radius 1 is 0.905 bits per heavy atom. The number of nitrogens with one attached hydrogen (secondary N) is 1. The van der Waals surface area contributed by atoms with E-state index in [0.717, 1.165) is 28.2 Å². The monoisotopic (exact) mass is 572 g/mol. The summed E-state index contributed by atoms with van der Waals surface area (Å²) in [5.41, 5.74) is 1.30. The number of aryl methyl sites for hydroxylation is 1. The minimum absolute atomic E-state index is 0.170. The van der Waals surface area contributed by atoms with Crippen molar-refractivity contribution >= 4 is 0 Å². The van der Waals surface area contributed by atoms with Crippen LogP contribution in [0.15, 0.2) is 94.6 Å². The van der Waals surface area contributed by atoms with Crippen LogP contribution in [0.3, 0.4) is 0 Å². The maximum atomic E-state index is 12.4. The molecule has 0 radical (unpaired) electrons. The van der Waals surface area contributed by atoms with Gasteiger partial charge in [-0.05, 0) is 60.7 Å². The summed E-state index contributed by atoms with van der Waals surface area (Å²) in [6.45, 7) is 2.15. The van der Waals surface area contributed by atoms with Crippen LogP contribution in [0.4, 0.5) is 0 Å². The highest BCUT2D eigenvalue weighted by molar-refractivity contribution is 5.49. The van der Waals surface area contributed by atoms with E-state index in [1.807, 2.05) is 78.9 Å². The molecule has 0 unspecified atom stereocenters. The minimum atomic E-state index is -0.932. The number of aromatic amines is 1. The van der Waals surface area contributed by atoms with Crippen molar-refractivity contribution in [3.63, 3.8) is 0 Å². The number of H-pyrrole nitrogens is 1. The first kappa shape index (κ1) is 29.3. The molecule has 1 saturated heterocycles. The van der Waals surface area contributed by atoms with Crippen molar-refractivity contribution in [2.45, 2.75) is 43.6 Å². The molecule has 2 N–H and O–H groups in total. The SMILES string of the molecule is COc1ccc(C(OCCC[C@@H]2OC[C@H](n3cc(C)c(=O)[nH]c3=O)[C@H]2O)(c2ccccc2)c2ccc(OC)cc2)cc1. The van der Waals surface area contributed by atoms with Gasteiger partial charge in [0.2, 0.25) is 0 Å². The summed E-state index contributed by atoms with van der Waals surface area (Å²) in [7, 11) is 3.27. The summed E-state index contributed by atoms with van der Waals surface area (Å²) in [4.78, 5) is 26.5. The summed E-state index contributed by atoms with van der Waals surface area (Å²) in [5.74, 6) is 1.49. The fourth-order valence-corrected chi connectivity index (χ4v) is 5.58. The van der Waals surface area contributed by atoms with Gasteiger partial charge in [-0.3, -0.25) is 14.3 Å². The van der Waals surface area contributed by atoms with Gasteiger partial charge >= 0.3 is 5.69 Å². The number of aliphatic hydroxyl groups is 1. The number of methoxy groups -OCH3 is 2. The second-order valence-corrected chi connectivity index (χ2v) is 10.4. The molecule has 4 aromatic rings. The number of hydrogen-bond donors (Lipinski definition) is 2. The van der Waals surface area contributed by atoms with E-state index in [2.05, 4.69) is 4.98 Å². The van der Waals surface area contributed by atoms with Gasteiger partial charge in [-0.15, -0.1) is 0 Å². The van der Waals surface area contributed by atoms with Crippen LogP contribution >= 0.6 is 0 Å². The van der Waals surface area contributed by atoms with Crippen LogP contribution in [0, 0.1) is 6.92 Å². The Labute approximate surface area is 244 Å². The lowest BCUT2D eigenvalue weighted by Gasteiger charge is -2.36. The van der Waals surface area contributed by atoms with Crippen LogP contribution < -0.4 is 20.7 Å². The fraction of sp³-hybridized carbons (Fsp3) is 0.333. The number of nitrogens with zero attached hydrogens (tertiary/aromatic N) is 1. The lowest BCUT2D eigenvalue weighted by atomic mass is 9.80. The third-order valence-corrected chi connectivity index (χ3v) is 7.88. The van der Waals surface area contributed by atoms with Gasteiger partial charge in [0.1, 0.15) is 23.2 Å². The van der Waals surface area contributed by atoms with Crippen LogP contribution in [0.2, 0.25) is 0 Å². The molecule has 1 aliphatic rings. The molecule has 0 amide bonds. The van der Waals surface area contributed by atoms with Crippen LogP contribution in [0.5, 0.6) is 11.5 Å². The highest BCUT2D eigenvalue weighted by Gasteiger charge is 2.39. The molecule has 0 bridgehead atoms. The Morgan fingerprint density at radius 2 is 1.48 bits per heavy atom. The second-order valence-electron chi connectivity index (χ2n) is 10.4. The van der Waals surface area contributed by atoms with Gasteiger partial charge in [0, 0.05) is 18.4 Å². The van der Waals surface area contributed by atoms with Crippen molar-refractivity contribution in [2.24, 2.45) is 0 Å². The Hall–Kier alpha value is -4.18. The molecule has 9 nitrogen and oxygen atoms in total. The zero-order valence-electron chi connectivity index (χ0n) is 24.0. The number of rotatable bonds is 11. The lowest BCUT2D eigenvalue weighted by Crippen LogP contribution is -2.38. The van der Waals surface area contributed by atoms with Crippen LogP contribution in [0.25, 0.3) is 0 Å². The van der Waals surface area contributed by atoms with Crippen molar-refractivity contribution in [3.05, 3.63) is 128 Å². The molecule has 42 heavy (non-hydrogen) atoms. The number of aromatic nitrogens is 2. The first-order valence-corrected chi connectivity index (χ1v) is 14.0. The third kappa shape index (κ3) is 5.76. The van der Waals surface area contributed by atoms with E-state index in [1.54, 1.807) is 21.1 Å². The molecule has 3 aromatic carbocycles. The third-order valence-electron chi connectivity index (χ3n) is 7.88. The number of aliphatic hydroxyl groups excluding tert-OH is 1. The van der Waals surface area contributed by atoms with E-state index in [1.165, 1.54) is 10.8 Å². The topological polar surface area (TPSA) is 112 Å². The average molecular weight is 573 g/mol. The van der Waals surface area contributed by atoms with Gasteiger partial charge in [0.05, 0.1) is 33.0 Å². The molecular weight excluding hydrogens is 536 g/mol. The molecule has 0 saturated carbocycles. The van der Waals surface area contributed by atoms with Gasteiger partial charge in [0.15, 0.2) is 0 Å². The Bertz CT molecular complexity index is 1530. The molecule has 2 heterocycles. The van der Waals surface area contributed by atoms with E-state index in [4.69, 9.17) is 18.9 Å². The van der Waals surface area contributed by atoms with Crippen molar-refractivity contribution in [3.8, 4) is 11.5 Å². The molecule has 0 spiro atoms. The van der Waals surface area contributed by atoms with Gasteiger partial charge in [-0.25, -0.2) is 4.79 Å². The fourth-order valence-electron chi connectivity index (χ4n) is 5.58. The predicted octanol–water partition coefficient (Wildman–Crippen LogP) is 3.95. The van der Waals surface area contributed by atoms with Crippen molar-refractivity contribution < 1.29 is 24.1 Å². The summed E-state index contributed by atoms with van der Waals surface area (Å²) in [6.07, 6.45) is 1.20. The predicted molar refractivity (Wildman–Crippen MR) is 158 cm³/mol.